The molecule has 1 aliphatic rings. The molecule has 2 atom stereocenters. The van der Waals surface area contributed by atoms with Crippen LogP contribution in [0.25, 0.3) is 0 Å². The van der Waals surface area contributed by atoms with Crippen molar-refractivity contribution >= 4 is 0 Å². The van der Waals surface area contributed by atoms with Crippen molar-refractivity contribution in [3.63, 3.8) is 0 Å². The summed E-state index contributed by atoms with van der Waals surface area (Å²) in [5.74, 6) is -21.4. The zero-order valence-corrected chi connectivity index (χ0v) is 6.38. The number of hydrogen-bond acceptors (Lipinski definition) is 2. The van der Waals surface area contributed by atoms with E-state index in [2.05, 4.69) is 11.5 Å². The minimum Gasteiger partial charge on any atom is -0.317 e. The molecule has 0 aromatic rings. The van der Waals surface area contributed by atoms with Crippen molar-refractivity contribution in [2.75, 3.05) is 0 Å². The van der Waals surface area contributed by atoms with Crippen molar-refractivity contribution in [3.8, 4) is 0 Å². The quantitative estimate of drug-likeness (QED) is 0.475. The first kappa shape index (κ1) is 11.5. The van der Waals surface area contributed by atoms with Crippen LogP contribution in [0.15, 0.2) is 0 Å². The molecule has 0 radical (unpaired) electrons. The lowest BCUT2D eigenvalue weighted by atomic mass is 10.1. The molecule has 1 aliphatic carbocycles. The lowest BCUT2D eigenvalue weighted by molar-refractivity contribution is -0.251. The van der Waals surface area contributed by atoms with Crippen molar-refractivity contribution in [2.24, 2.45) is 11.5 Å². The van der Waals surface area contributed by atoms with Crippen LogP contribution in [0, 0.1) is 0 Å². The number of halogens is 7. The van der Waals surface area contributed by atoms with Crippen LogP contribution in [0.3, 0.4) is 0 Å². The second-order valence-electron chi connectivity index (χ2n) is 3.01. The minimum absolute atomic E-state index is 3.65. The largest absolute Gasteiger partial charge is 0.364 e. The van der Waals surface area contributed by atoms with Gasteiger partial charge in [0.2, 0.25) is 0 Å². The molecule has 0 aromatic heterocycles. The summed E-state index contributed by atoms with van der Waals surface area (Å²) in [6.45, 7) is 0. The molecule has 4 N–H and O–H groups in total. The van der Waals surface area contributed by atoms with E-state index in [0.29, 0.717) is 0 Å². The van der Waals surface area contributed by atoms with Gasteiger partial charge in [0.1, 0.15) is 6.04 Å². The standard InChI is InChI=1S/C5H5F7N2/c6-2(7)1(13)3(8,9)5(12,14)4(2,10)11/h1H,13-14H2. The summed E-state index contributed by atoms with van der Waals surface area (Å²) >= 11 is 0. The van der Waals surface area contributed by atoms with E-state index in [1.54, 1.807) is 0 Å². The normalized spacial score (nSPS) is 43.9. The summed E-state index contributed by atoms with van der Waals surface area (Å²) in [5.41, 5.74) is 8.01. The Kier molecular flexibility index (Phi) is 1.91. The third-order valence-electron chi connectivity index (χ3n) is 2.14. The fourth-order valence-electron chi connectivity index (χ4n) is 1.10. The Labute approximate surface area is 73.0 Å². The summed E-state index contributed by atoms with van der Waals surface area (Å²) in [4.78, 5) is 0. The molecule has 2 nitrogen and oxygen atoms in total. The van der Waals surface area contributed by atoms with Gasteiger partial charge in [-0.2, -0.15) is 26.3 Å². The highest BCUT2D eigenvalue weighted by Crippen LogP contribution is 2.59. The topological polar surface area (TPSA) is 52.0 Å². The Bertz CT molecular complexity index is 235. The Balaban J connectivity index is 3.38. The maximum atomic E-state index is 12.6. The summed E-state index contributed by atoms with van der Waals surface area (Å²) < 4.78 is 87.4. The molecule has 9 heteroatoms. The van der Waals surface area contributed by atoms with Gasteiger partial charge in [0, 0.05) is 0 Å². The average molecular weight is 226 g/mol. The van der Waals surface area contributed by atoms with Crippen molar-refractivity contribution in [2.45, 2.75) is 29.6 Å². The van der Waals surface area contributed by atoms with Crippen LogP contribution in [0.2, 0.25) is 0 Å². The Morgan fingerprint density at radius 2 is 1.14 bits per heavy atom. The van der Waals surface area contributed by atoms with Gasteiger partial charge in [-0.25, -0.2) is 4.39 Å². The summed E-state index contributed by atoms with van der Waals surface area (Å²) in [6, 6.07) is -3.65. The highest BCUT2D eigenvalue weighted by molar-refractivity contribution is 5.22. The van der Waals surface area contributed by atoms with E-state index in [0.717, 1.165) is 0 Å². The Morgan fingerprint density at radius 1 is 0.786 bits per heavy atom. The molecule has 14 heavy (non-hydrogen) atoms. The van der Waals surface area contributed by atoms with Crippen LogP contribution < -0.4 is 11.5 Å². The summed E-state index contributed by atoms with van der Waals surface area (Å²) in [5, 5.41) is 0. The van der Waals surface area contributed by atoms with Gasteiger partial charge in [-0.15, -0.1) is 0 Å². The first-order valence-corrected chi connectivity index (χ1v) is 3.27. The van der Waals surface area contributed by atoms with Crippen molar-refractivity contribution < 1.29 is 30.7 Å². The Morgan fingerprint density at radius 3 is 1.21 bits per heavy atom. The molecule has 2 unspecified atom stereocenters. The SMILES string of the molecule is NC1C(F)(F)C(N)(F)C(F)(F)C1(F)F. The van der Waals surface area contributed by atoms with Gasteiger partial charge in [-0.05, 0) is 0 Å². The van der Waals surface area contributed by atoms with E-state index < -0.39 is 29.6 Å². The molecule has 0 heterocycles. The molecular formula is C5H5F7N2. The highest BCUT2D eigenvalue weighted by atomic mass is 19.3. The van der Waals surface area contributed by atoms with E-state index in [-0.39, 0.29) is 0 Å². The molecule has 0 spiro atoms. The fourth-order valence-corrected chi connectivity index (χ4v) is 1.10. The van der Waals surface area contributed by atoms with Gasteiger partial charge in [0.05, 0.1) is 0 Å². The third kappa shape index (κ3) is 0.842. The van der Waals surface area contributed by atoms with Gasteiger partial charge < -0.3 is 5.73 Å². The van der Waals surface area contributed by atoms with E-state index >= 15 is 0 Å². The second kappa shape index (κ2) is 2.32. The molecule has 0 aromatic carbocycles. The van der Waals surface area contributed by atoms with Gasteiger partial charge >= 0.3 is 17.8 Å². The number of nitrogens with two attached hydrogens (primary N) is 2. The smallest absolute Gasteiger partial charge is 0.317 e. The van der Waals surface area contributed by atoms with Gasteiger partial charge in [-0.3, -0.25) is 5.73 Å². The zero-order valence-electron chi connectivity index (χ0n) is 6.38. The monoisotopic (exact) mass is 226 g/mol. The van der Waals surface area contributed by atoms with Crippen LogP contribution in [0.1, 0.15) is 0 Å². The first-order valence-electron chi connectivity index (χ1n) is 3.27. The Hall–Kier alpha value is -0.570. The number of alkyl halides is 7. The van der Waals surface area contributed by atoms with E-state index in [9.17, 15) is 30.7 Å². The first-order chi connectivity index (χ1) is 5.90. The highest BCUT2D eigenvalue weighted by Gasteiger charge is 2.90. The minimum atomic E-state index is -5.71. The molecular weight excluding hydrogens is 221 g/mol. The van der Waals surface area contributed by atoms with Crippen LogP contribution in [-0.2, 0) is 0 Å². The number of rotatable bonds is 0. The van der Waals surface area contributed by atoms with E-state index in [4.69, 9.17) is 0 Å². The second-order valence-corrected chi connectivity index (χ2v) is 3.01. The molecule has 84 valence electrons. The predicted molar refractivity (Wildman–Crippen MR) is 30.8 cm³/mol. The molecule has 0 aliphatic heterocycles. The predicted octanol–water partition coefficient (Wildman–Crippen LogP) is 0.858. The summed E-state index contributed by atoms with van der Waals surface area (Å²) in [7, 11) is 0. The van der Waals surface area contributed by atoms with Crippen molar-refractivity contribution in [3.05, 3.63) is 0 Å². The molecule has 1 saturated carbocycles. The molecule has 0 bridgehead atoms. The maximum Gasteiger partial charge on any atom is 0.364 e. The van der Waals surface area contributed by atoms with Crippen LogP contribution in [0.4, 0.5) is 30.7 Å². The number of hydrogen-bond donors (Lipinski definition) is 2. The lowest BCUT2D eigenvalue weighted by Gasteiger charge is -2.27. The van der Waals surface area contributed by atoms with E-state index in [1.165, 1.54) is 0 Å². The van der Waals surface area contributed by atoms with Crippen molar-refractivity contribution in [1.29, 1.82) is 0 Å². The van der Waals surface area contributed by atoms with Crippen LogP contribution >= 0.6 is 0 Å². The maximum absolute atomic E-state index is 12.6. The lowest BCUT2D eigenvalue weighted by Crippen LogP contribution is -2.61. The van der Waals surface area contributed by atoms with E-state index in [1.807, 2.05) is 0 Å². The van der Waals surface area contributed by atoms with Crippen LogP contribution in [0.5, 0.6) is 0 Å². The van der Waals surface area contributed by atoms with Gasteiger partial charge in [0.25, 0.3) is 5.79 Å². The van der Waals surface area contributed by atoms with Crippen molar-refractivity contribution in [1.82, 2.24) is 0 Å². The average Bonchev–Trinajstić information content (AvgIpc) is 2.05. The van der Waals surface area contributed by atoms with Gasteiger partial charge in [-0.1, -0.05) is 0 Å². The fraction of sp³-hybridized carbons (Fsp3) is 1.00. The third-order valence-corrected chi connectivity index (χ3v) is 2.14. The van der Waals surface area contributed by atoms with Gasteiger partial charge in [0.15, 0.2) is 0 Å². The molecule has 1 rings (SSSR count). The zero-order chi connectivity index (χ0) is 11.6. The molecule has 0 saturated heterocycles. The molecule has 1 fully saturated rings. The molecule has 0 amide bonds. The van der Waals surface area contributed by atoms with Crippen LogP contribution in [-0.4, -0.2) is 29.6 Å². The summed E-state index contributed by atoms with van der Waals surface area (Å²) in [6.07, 6.45) is 0.